The second kappa shape index (κ2) is 3.40. The molecular weight excluding hydrogens is 206 g/mol. The van der Waals surface area contributed by atoms with Gasteiger partial charge in [0.05, 0.1) is 6.04 Å². The van der Waals surface area contributed by atoms with Crippen molar-refractivity contribution in [3.8, 4) is 11.5 Å². The van der Waals surface area contributed by atoms with Crippen LogP contribution in [0.5, 0.6) is 11.5 Å². The maximum absolute atomic E-state index is 11.5. The summed E-state index contributed by atoms with van der Waals surface area (Å²) in [7, 11) is 1.85. The third kappa shape index (κ3) is 1.33. The Bertz CT molecular complexity index is 444. The fraction of sp³-hybridized carbons (Fsp3) is 0.417. The molecule has 1 aromatic carbocycles. The lowest BCUT2D eigenvalue weighted by Crippen LogP contribution is -2.22. The minimum atomic E-state index is 0.182. The van der Waals surface area contributed by atoms with Crippen molar-refractivity contribution in [1.82, 2.24) is 4.90 Å². The largest absolute Gasteiger partial charge is 0.454 e. The van der Waals surface area contributed by atoms with E-state index >= 15 is 0 Å². The van der Waals surface area contributed by atoms with Crippen LogP contribution in [-0.4, -0.2) is 24.6 Å². The highest BCUT2D eigenvalue weighted by molar-refractivity contribution is 5.78. The number of amides is 1. The molecule has 2 aliphatic heterocycles. The Morgan fingerprint density at radius 3 is 2.88 bits per heavy atom. The van der Waals surface area contributed by atoms with Gasteiger partial charge in [0.2, 0.25) is 12.7 Å². The third-order valence-corrected chi connectivity index (χ3v) is 3.27. The third-order valence-electron chi connectivity index (χ3n) is 3.27. The van der Waals surface area contributed by atoms with E-state index in [1.807, 2.05) is 25.2 Å². The molecule has 0 spiro atoms. The van der Waals surface area contributed by atoms with Gasteiger partial charge >= 0.3 is 0 Å². The van der Waals surface area contributed by atoms with Gasteiger partial charge in [-0.3, -0.25) is 4.79 Å². The molecule has 0 aromatic heterocycles. The molecule has 0 aliphatic carbocycles. The smallest absolute Gasteiger partial charge is 0.231 e. The maximum atomic E-state index is 11.5. The summed E-state index contributed by atoms with van der Waals surface area (Å²) in [6, 6.07) is 6.07. The van der Waals surface area contributed by atoms with E-state index in [1.54, 1.807) is 4.90 Å². The lowest BCUT2D eigenvalue weighted by Gasteiger charge is -2.20. The van der Waals surface area contributed by atoms with Gasteiger partial charge in [0.15, 0.2) is 11.5 Å². The van der Waals surface area contributed by atoms with Crippen molar-refractivity contribution in [2.45, 2.75) is 18.9 Å². The Morgan fingerprint density at radius 1 is 1.31 bits per heavy atom. The van der Waals surface area contributed by atoms with Gasteiger partial charge in [0.25, 0.3) is 0 Å². The van der Waals surface area contributed by atoms with Crippen LogP contribution in [0.25, 0.3) is 0 Å². The van der Waals surface area contributed by atoms with Gasteiger partial charge in [-0.15, -0.1) is 0 Å². The van der Waals surface area contributed by atoms with Crippen LogP contribution in [0.3, 0.4) is 0 Å². The van der Waals surface area contributed by atoms with Gasteiger partial charge in [0.1, 0.15) is 0 Å². The normalized spacial score (nSPS) is 22.9. The summed E-state index contributed by atoms with van der Waals surface area (Å²) in [5, 5.41) is 0. The summed E-state index contributed by atoms with van der Waals surface area (Å²) in [6.45, 7) is 0.290. The van der Waals surface area contributed by atoms with E-state index in [0.29, 0.717) is 6.42 Å². The Balaban J connectivity index is 1.93. The molecular formula is C12H13NO3. The van der Waals surface area contributed by atoms with Gasteiger partial charge in [0, 0.05) is 13.5 Å². The lowest BCUT2D eigenvalue weighted by atomic mass is 10.0. The fourth-order valence-electron chi connectivity index (χ4n) is 2.31. The molecule has 2 heterocycles. The van der Waals surface area contributed by atoms with Gasteiger partial charge in [-0.2, -0.15) is 0 Å². The van der Waals surface area contributed by atoms with E-state index in [4.69, 9.17) is 9.47 Å². The molecule has 3 rings (SSSR count). The second-order valence-corrected chi connectivity index (χ2v) is 4.17. The molecule has 4 nitrogen and oxygen atoms in total. The monoisotopic (exact) mass is 219 g/mol. The summed E-state index contributed by atoms with van der Waals surface area (Å²) in [4.78, 5) is 13.3. The first-order valence-electron chi connectivity index (χ1n) is 5.41. The van der Waals surface area contributed by atoms with Crippen molar-refractivity contribution in [2.24, 2.45) is 0 Å². The van der Waals surface area contributed by atoms with E-state index in [0.717, 1.165) is 23.5 Å². The molecule has 2 aliphatic rings. The highest BCUT2D eigenvalue weighted by Crippen LogP contribution is 2.38. The van der Waals surface area contributed by atoms with Gasteiger partial charge in [-0.05, 0) is 24.1 Å². The predicted molar refractivity (Wildman–Crippen MR) is 57.3 cm³/mol. The van der Waals surface area contributed by atoms with E-state index in [9.17, 15) is 4.79 Å². The fourth-order valence-corrected chi connectivity index (χ4v) is 2.31. The molecule has 1 aromatic rings. The van der Waals surface area contributed by atoms with Crippen molar-refractivity contribution in [2.75, 3.05) is 13.8 Å². The first-order valence-corrected chi connectivity index (χ1v) is 5.41. The number of fused-ring (bicyclic) bond motifs is 1. The molecule has 0 radical (unpaired) electrons. The summed E-state index contributed by atoms with van der Waals surface area (Å²) in [5.74, 6) is 1.78. The van der Waals surface area contributed by atoms with Gasteiger partial charge < -0.3 is 14.4 Å². The van der Waals surface area contributed by atoms with Crippen molar-refractivity contribution < 1.29 is 14.3 Å². The Labute approximate surface area is 93.8 Å². The SMILES string of the molecule is CN1C(=O)CC[C@@H]1c1ccc2c(c1)OCO2. The van der Waals surface area contributed by atoms with Crippen molar-refractivity contribution in [3.05, 3.63) is 23.8 Å². The molecule has 4 heteroatoms. The van der Waals surface area contributed by atoms with Gasteiger partial charge in [-0.25, -0.2) is 0 Å². The number of benzene rings is 1. The van der Waals surface area contributed by atoms with E-state index < -0.39 is 0 Å². The zero-order valence-electron chi connectivity index (χ0n) is 9.10. The molecule has 1 fully saturated rings. The average Bonchev–Trinajstić information content (AvgIpc) is 2.86. The highest BCUT2D eigenvalue weighted by Gasteiger charge is 2.29. The number of hydrogen-bond donors (Lipinski definition) is 0. The zero-order chi connectivity index (χ0) is 11.1. The number of likely N-dealkylation sites (tertiary alicyclic amines) is 1. The van der Waals surface area contributed by atoms with Crippen LogP contribution in [0.2, 0.25) is 0 Å². The van der Waals surface area contributed by atoms with Crippen LogP contribution in [-0.2, 0) is 4.79 Å². The minimum Gasteiger partial charge on any atom is -0.454 e. The first-order chi connectivity index (χ1) is 7.75. The molecule has 84 valence electrons. The van der Waals surface area contributed by atoms with Crippen LogP contribution < -0.4 is 9.47 Å². The molecule has 1 atom stereocenters. The lowest BCUT2D eigenvalue weighted by molar-refractivity contribution is -0.127. The number of nitrogens with zero attached hydrogens (tertiary/aromatic N) is 1. The van der Waals surface area contributed by atoms with Crippen molar-refractivity contribution in [1.29, 1.82) is 0 Å². The molecule has 0 bridgehead atoms. The molecule has 1 saturated heterocycles. The number of carbonyl (C=O) groups is 1. The highest BCUT2D eigenvalue weighted by atomic mass is 16.7. The van der Waals surface area contributed by atoms with Crippen LogP contribution >= 0.6 is 0 Å². The Morgan fingerprint density at radius 2 is 2.12 bits per heavy atom. The zero-order valence-corrected chi connectivity index (χ0v) is 9.10. The average molecular weight is 219 g/mol. The molecule has 0 saturated carbocycles. The minimum absolute atomic E-state index is 0.182. The molecule has 16 heavy (non-hydrogen) atoms. The van der Waals surface area contributed by atoms with E-state index in [1.165, 1.54) is 0 Å². The van der Waals surface area contributed by atoms with Gasteiger partial charge in [-0.1, -0.05) is 6.07 Å². The van der Waals surface area contributed by atoms with Crippen molar-refractivity contribution >= 4 is 5.91 Å². The molecule has 1 amide bonds. The van der Waals surface area contributed by atoms with E-state index in [-0.39, 0.29) is 18.7 Å². The standard InChI is InChI=1S/C12H13NO3/c1-13-9(3-5-12(13)14)8-2-4-10-11(6-8)16-7-15-10/h2,4,6,9H,3,5,7H2,1H3/t9-/m1/s1. The Hall–Kier alpha value is -1.71. The second-order valence-electron chi connectivity index (χ2n) is 4.17. The summed E-state index contributed by atoms with van der Waals surface area (Å²) in [5.41, 5.74) is 1.12. The predicted octanol–water partition coefficient (Wildman–Crippen LogP) is 1.71. The van der Waals surface area contributed by atoms with E-state index in [2.05, 4.69) is 0 Å². The van der Waals surface area contributed by atoms with Crippen LogP contribution in [0.15, 0.2) is 18.2 Å². The number of ether oxygens (including phenoxy) is 2. The number of rotatable bonds is 1. The molecule has 0 unspecified atom stereocenters. The van der Waals surface area contributed by atoms with Crippen LogP contribution in [0.1, 0.15) is 24.4 Å². The van der Waals surface area contributed by atoms with Crippen LogP contribution in [0, 0.1) is 0 Å². The topological polar surface area (TPSA) is 38.8 Å². The number of hydrogen-bond acceptors (Lipinski definition) is 3. The summed E-state index contributed by atoms with van der Waals surface area (Å²) < 4.78 is 10.6. The number of carbonyl (C=O) groups excluding carboxylic acids is 1. The molecule has 0 N–H and O–H groups in total. The quantitative estimate of drug-likeness (QED) is 0.721. The Kier molecular flexibility index (Phi) is 2.02. The summed E-state index contributed by atoms with van der Waals surface area (Å²) in [6.07, 6.45) is 1.52. The first kappa shape index (κ1) is 9.51. The van der Waals surface area contributed by atoms with Crippen LogP contribution in [0.4, 0.5) is 0 Å². The summed E-state index contributed by atoms with van der Waals surface area (Å²) >= 11 is 0. The van der Waals surface area contributed by atoms with Crippen molar-refractivity contribution in [3.63, 3.8) is 0 Å². The maximum Gasteiger partial charge on any atom is 0.231 e.